The molecule has 1 fully saturated rings. The van der Waals surface area contributed by atoms with E-state index in [1.54, 1.807) is 0 Å². The highest BCUT2D eigenvalue weighted by atomic mass is 79.9. The van der Waals surface area contributed by atoms with Crippen LogP contribution in [0.3, 0.4) is 0 Å². The molecule has 3 unspecified atom stereocenters. The minimum absolute atomic E-state index is 0.0227. The molecule has 1 heterocycles. The smallest absolute Gasteiger partial charge is 0.249 e. The first-order chi connectivity index (χ1) is 9.11. The van der Waals surface area contributed by atoms with Crippen molar-refractivity contribution in [3.63, 3.8) is 0 Å². The molecule has 0 radical (unpaired) electrons. The number of rotatable bonds is 4. The van der Waals surface area contributed by atoms with E-state index in [0.29, 0.717) is 6.54 Å². The molecule has 0 spiro atoms. The molecule has 1 saturated heterocycles. The summed E-state index contributed by atoms with van der Waals surface area (Å²) in [6, 6.07) is 7.82. The number of ether oxygens (including phenoxy) is 1. The van der Waals surface area contributed by atoms with Crippen LogP contribution in [-0.4, -0.2) is 24.7 Å². The molecule has 5 heteroatoms. The van der Waals surface area contributed by atoms with Crippen LogP contribution in [-0.2, 0) is 9.53 Å². The molecule has 1 amide bonds. The van der Waals surface area contributed by atoms with Gasteiger partial charge < -0.3 is 15.8 Å². The summed E-state index contributed by atoms with van der Waals surface area (Å²) in [5.41, 5.74) is 6.60. The Hall–Kier alpha value is -0.910. The molecule has 2 rings (SSSR count). The third-order valence-corrected chi connectivity index (χ3v) is 4.12. The van der Waals surface area contributed by atoms with Crippen LogP contribution in [0.15, 0.2) is 28.7 Å². The number of hydrogen-bond acceptors (Lipinski definition) is 3. The standard InChI is InChI=1S/C14H19BrN2O2/c1-9(11-4-2-3-5-12(11)15)17-14(18)13-7-6-10(8-16)19-13/h2-5,9-10,13H,6-8,16H2,1H3,(H,17,18). The van der Waals surface area contributed by atoms with E-state index in [2.05, 4.69) is 21.2 Å². The number of nitrogens with two attached hydrogens (primary N) is 1. The van der Waals surface area contributed by atoms with Gasteiger partial charge in [0.25, 0.3) is 0 Å². The summed E-state index contributed by atoms with van der Waals surface area (Å²) >= 11 is 3.49. The topological polar surface area (TPSA) is 64.4 Å². The lowest BCUT2D eigenvalue weighted by atomic mass is 10.1. The van der Waals surface area contributed by atoms with E-state index in [1.165, 1.54) is 0 Å². The molecule has 104 valence electrons. The third-order valence-electron chi connectivity index (χ3n) is 3.39. The van der Waals surface area contributed by atoms with E-state index in [9.17, 15) is 4.79 Å². The molecule has 0 aromatic heterocycles. The van der Waals surface area contributed by atoms with Crippen molar-refractivity contribution in [3.8, 4) is 0 Å². The minimum Gasteiger partial charge on any atom is -0.364 e. The van der Waals surface area contributed by atoms with Crippen LogP contribution < -0.4 is 11.1 Å². The van der Waals surface area contributed by atoms with Gasteiger partial charge >= 0.3 is 0 Å². The molecule has 1 aliphatic heterocycles. The Kier molecular flexibility index (Phi) is 4.96. The molecule has 19 heavy (non-hydrogen) atoms. The van der Waals surface area contributed by atoms with Crippen molar-refractivity contribution < 1.29 is 9.53 Å². The molecule has 1 aromatic carbocycles. The van der Waals surface area contributed by atoms with E-state index < -0.39 is 0 Å². The van der Waals surface area contributed by atoms with Crippen LogP contribution in [0.1, 0.15) is 31.4 Å². The van der Waals surface area contributed by atoms with E-state index in [0.717, 1.165) is 22.9 Å². The summed E-state index contributed by atoms with van der Waals surface area (Å²) in [7, 11) is 0. The first-order valence-corrected chi connectivity index (χ1v) is 7.31. The molecule has 4 nitrogen and oxygen atoms in total. The van der Waals surface area contributed by atoms with E-state index >= 15 is 0 Å². The van der Waals surface area contributed by atoms with Crippen molar-refractivity contribution in [2.75, 3.05) is 6.54 Å². The first kappa shape index (κ1) is 14.5. The molecule has 0 bridgehead atoms. The van der Waals surface area contributed by atoms with Crippen molar-refractivity contribution in [2.24, 2.45) is 5.73 Å². The Morgan fingerprint density at radius 1 is 1.53 bits per heavy atom. The number of halogens is 1. The molecule has 1 aromatic rings. The Balaban J connectivity index is 1.94. The number of carbonyl (C=O) groups is 1. The highest BCUT2D eigenvalue weighted by molar-refractivity contribution is 9.10. The second-order valence-corrected chi connectivity index (χ2v) is 5.67. The summed E-state index contributed by atoms with van der Waals surface area (Å²) in [6.07, 6.45) is 1.27. The lowest BCUT2D eigenvalue weighted by Gasteiger charge is -2.19. The summed E-state index contributed by atoms with van der Waals surface area (Å²) in [5, 5.41) is 2.99. The summed E-state index contributed by atoms with van der Waals surface area (Å²) in [6.45, 7) is 2.44. The van der Waals surface area contributed by atoms with E-state index in [1.807, 2.05) is 31.2 Å². The highest BCUT2D eigenvalue weighted by Crippen LogP contribution is 2.24. The van der Waals surface area contributed by atoms with Crippen LogP contribution in [0, 0.1) is 0 Å². The van der Waals surface area contributed by atoms with Crippen molar-refractivity contribution in [1.82, 2.24) is 5.32 Å². The molecule has 3 N–H and O–H groups in total. The number of benzene rings is 1. The fourth-order valence-corrected chi connectivity index (χ4v) is 2.91. The largest absolute Gasteiger partial charge is 0.364 e. The first-order valence-electron chi connectivity index (χ1n) is 6.52. The average Bonchev–Trinajstić information content (AvgIpc) is 2.88. The van der Waals surface area contributed by atoms with E-state index in [4.69, 9.17) is 10.5 Å². The van der Waals surface area contributed by atoms with Crippen LogP contribution in [0.25, 0.3) is 0 Å². The van der Waals surface area contributed by atoms with Crippen molar-refractivity contribution in [2.45, 2.75) is 38.0 Å². The summed E-state index contributed by atoms with van der Waals surface area (Å²) < 4.78 is 6.59. The quantitative estimate of drug-likeness (QED) is 0.890. The number of amides is 1. The Morgan fingerprint density at radius 3 is 2.89 bits per heavy atom. The Labute approximate surface area is 121 Å². The lowest BCUT2D eigenvalue weighted by Crippen LogP contribution is -2.37. The summed E-state index contributed by atoms with van der Waals surface area (Å²) in [4.78, 5) is 12.1. The molecule has 1 aliphatic rings. The zero-order valence-corrected chi connectivity index (χ0v) is 12.5. The summed E-state index contributed by atoms with van der Waals surface area (Å²) in [5.74, 6) is -0.0563. The maximum absolute atomic E-state index is 12.1. The van der Waals surface area contributed by atoms with Gasteiger partial charge in [-0.15, -0.1) is 0 Å². The number of nitrogens with one attached hydrogen (secondary N) is 1. The van der Waals surface area contributed by atoms with Crippen LogP contribution in [0.4, 0.5) is 0 Å². The van der Waals surface area contributed by atoms with Crippen molar-refractivity contribution in [1.29, 1.82) is 0 Å². The number of hydrogen-bond donors (Lipinski definition) is 2. The Morgan fingerprint density at radius 2 is 2.26 bits per heavy atom. The maximum atomic E-state index is 12.1. The van der Waals surface area contributed by atoms with Gasteiger partial charge in [0.1, 0.15) is 6.10 Å². The third kappa shape index (κ3) is 3.55. The molecular weight excluding hydrogens is 308 g/mol. The van der Waals surface area contributed by atoms with Crippen molar-refractivity contribution in [3.05, 3.63) is 34.3 Å². The van der Waals surface area contributed by atoms with Gasteiger partial charge in [0, 0.05) is 11.0 Å². The lowest BCUT2D eigenvalue weighted by molar-refractivity contribution is -0.132. The van der Waals surface area contributed by atoms with Crippen molar-refractivity contribution >= 4 is 21.8 Å². The second-order valence-electron chi connectivity index (χ2n) is 4.81. The predicted molar refractivity (Wildman–Crippen MR) is 77.6 cm³/mol. The Bertz CT molecular complexity index is 453. The predicted octanol–water partition coefficient (Wildman–Crippen LogP) is 2.13. The van der Waals surface area contributed by atoms with Gasteiger partial charge in [0.15, 0.2) is 0 Å². The molecule has 3 atom stereocenters. The van der Waals surface area contributed by atoms with Crippen LogP contribution in [0.2, 0.25) is 0 Å². The van der Waals surface area contributed by atoms with Crippen LogP contribution >= 0.6 is 15.9 Å². The SMILES string of the molecule is CC(NC(=O)C1CCC(CN)O1)c1ccccc1Br. The fourth-order valence-electron chi connectivity index (χ4n) is 2.28. The van der Waals surface area contributed by atoms with Gasteiger partial charge in [0.05, 0.1) is 12.1 Å². The van der Waals surface area contributed by atoms with Crippen LogP contribution in [0.5, 0.6) is 0 Å². The van der Waals surface area contributed by atoms with E-state index in [-0.39, 0.29) is 24.2 Å². The molecule has 0 saturated carbocycles. The van der Waals surface area contributed by atoms with Gasteiger partial charge in [0.2, 0.25) is 5.91 Å². The van der Waals surface area contributed by atoms with Gasteiger partial charge in [-0.2, -0.15) is 0 Å². The minimum atomic E-state index is -0.363. The maximum Gasteiger partial charge on any atom is 0.249 e. The zero-order valence-electron chi connectivity index (χ0n) is 10.9. The normalized spacial score (nSPS) is 24.2. The zero-order chi connectivity index (χ0) is 13.8. The molecular formula is C14H19BrN2O2. The van der Waals surface area contributed by atoms with Gasteiger partial charge in [-0.05, 0) is 31.4 Å². The number of carbonyl (C=O) groups excluding carboxylic acids is 1. The second kappa shape index (κ2) is 6.50. The average molecular weight is 327 g/mol. The highest BCUT2D eigenvalue weighted by Gasteiger charge is 2.30. The van der Waals surface area contributed by atoms with Gasteiger partial charge in [-0.25, -0.2) is 0 Å². The van der Waals surface area contributed by atoms with Gasteiger partial charge in [-0.1, -0.05) is 34.1 Å². The molecule has 0 aliphatic carbocycles. The fraction of sp³-hybridized carbons (Fsp3) is 0.500. The monoisotopic (exact) mass is 326 g/mol. The van der Waals surface area contributed by atoms with Gasteiger partial charge in [-0.3, -0.25) is 4.79 Å².